The van der Waals surface area contributed by atoms with Crippen molar-refractivity contribution in [2.24, 2.45) is 0 Å². The summed E-state index contributed by atoms with van der Waals surface area (Å²) in [5.74, 6) is 0.463. The number of rotatable bonds is 1. The van der Waals surface area contributed by atoms with E-state index < -0.39 is 5.60 Å². The van der Waals surface area contributed by atoms with Gasteiger partial charge < -0.3 is 9.64 Å². The topological polar surface area (TPSA) is 55.3 Å². The minimum atomic E-state index is -0.497. The third kappa shape index (κ3) is 5.56. The Kier molecular flexibility index (Phi) is 6.61. The summed E-state index contributed by atoms with van der Waals surface area (Å²) in [7, 11) is 0. The number of amides is 1. The zero-order valence-corrected chi connectivity index (χ0v) is 17.6. The van der Waals surface area contributed by atoms with E-state index >= 15 is 0 Å². The highest BCUT2D eigenvalue weighted by Crippen LogP contribution is 2.34. The number of fused-ring (bicyclic) bond motifs is 1. The van der Waals surface area contributed by atoms with E-state index in [-0.39, 0.29) is 6.09 Å². The van der Waals surface area contributed by atoms with Gasteiger partial charge in [0.25, 0.3) is 0 Å². The summed E-state index contributed by atoms with van der Waals surface area (Å²) < 4.78 is 5.52. The molecule has 5 nitrogen and oxygen atoms in total. The fourth-order valence-electron chi connectivity index (χ4n) is 4.15. The molecule has 0 spiro atoms. The molecule has 3 rings (SSSR count). The molecule has 0 unspecified atom stereocenters. The van der Waals surface area contributed by atoms with Crippen LogP contribution in [0, 0.1) is 0 Å². The molecule has 0 N–H and O–H groups in total. The largest absolute Gasteiger partial charge is 0.444 e. The van der Waals surface area contributed by atoms with Crippen LogP contribution < -0.4 is 0 Å². The van der Waals surface area contributed by atoms with Crippen molar-refractivity contribution in [3.63, 3.8) is 0 Å². The standard InChI is InChI=1S/C21H32ClN3O2/c1-21(2,3)27-20(26)25-13-12-16-17(14-25)23-19(22)24-18(16)15-10-8-6-4-5-7-9-11-15/h15H,4-14H2,1-3H3. The minimum Gasteiger partial charge on any atom is -0.444 e. The van der Waals surface area contributed by atoms with Gasteiger partial charge >= 0.3 is 6.09 Å². The summed E-state index contributed by atoms with van der Waals surface area (Å²) in [4.78, 5) is 23.3. The van der Waals surface area contributed by atoms with Gasteiger partial charge in [-0.05, 0) is 57.2 Å². The number of hydrogen-bond donors (Lipinski definition) is 0. The molecule has 27 heavy (non-hydrogen) atoms. The highest BCUT2D eigenvalue weighted by Gasteiger charge is 2.30. The maximum absolute atomic E-state index is 12.4. The molecule has 2 heterocycles. The molecule has 1 saturated carbocycles. The third-order valence-corrected chi connectivity index (χ3v) is 5.63. The van der Waals surface area contributed by atoms with Crippen LogP contribution in [0.15, 0.2) is 0 Å². The maximum Gasteiger partial charge on any atom is 0.410 e. The van der Waals surface area contributed by atoms with Crippen LogP contribution in [-0.4, -0.2) is 33.1 Å². The quantitative estimate of drug-likeness (QED) is 0.579. The van der Waals surface area contributed by atoms with Gasteiger partial charge in [-0.2, -0.15) is 0 Å². The molecule has 0 bridgehead atoms. The predicted octanol–water partition coefficient (Wildman–Crippen LogP) is 5.64. The first-order valence-electron chi connectivity index (χ1n) is 10.4. The number of halogens is 1. The van der Waals surface area contributed by atoms with Crippen molar-refractivity contribution < 1.29 is 9.53 Å². The van der Waals surface area contributed by atoms with Gasteiger partial charge in [0.1, 0.15) is 5.60 Å². The summed E-state index contributed by atoms with van der Waals surface area (Å²) in [6.07, 6.45) is 10.7. The van der Waals surface area contributed by atoms with Crippen LogP contribution in [0.5, 0.6) is 0 Å². The van der Waals surface area contributed by atoms with Crippen molar-refractivity contribution >= 4 is 17.7 Å². The Morgan fingerprint density at radius 3 is 2.33 bits per heavy atom. The molecule has 1 aromatic heterocycles. The summed E-state index contributed by atoms with van der Waals surface area (Å²) in [6.45, 7) is 6.75. The van der Waals surface area contributed by atoms with E-state index in [9.17, 15) is 4.79 Å². The molecule has 0 saturated heterocycles. The van der Waals surface area contributed by atoms with Crippen LogP contribution in [0.4, 0.5) is 4.79 Å². The highest BCUT2D eigenvalue weighted by atomic mass is 35.5. The number of ether oxygens (including phenoxy) is 1. The lowest BCUT2D eigenvalue weighted by atomic mass is 9.88. The molecule has 1 aliphatic carbocycles. The SMILES string of the molecule is CC(C)(C)OC(=O)N1CCc2c(nc(Cl)nc2C2CCCCCCCC2)C1. The van der Waals surface area contributed by atoms with E-state index in [2.05, 4.69) is 9.97 Å². The number of aromatic nitrogens is 2. The molecule has 1 aliphatic heterocycles. The fraction of sp³-hybridized carbons (Fsp3) is 0.762. The van der Waals surface area contributed by atoms with Crippen molar-refractivity contribution in [3.05, 3.63) is 22.2 Å². The second kappa shape index (κ2) is 8.76. The molecule has 2 aliphatic rings. The second-order valence-corrected chi connectivity index (χ2v) is 9.19. The molecule has 6 heteroatoms. The maximum atomic E-state index is 12.4. The third-order valence-electron chi connectivity index (χ3n) is 5.46. The number of hydrogen-bond acceptors (Lipinski definition) is 4. The van der Waals surface area contributed by atoms with Crippen molar-refractivity contribution in [2.75, 3.05) is 6.54 Å². The smallest absolute Gasteiger partial charge is 0.410 e. The lowest BCUT2D eigenvalue weighted by Gasteiger charge is -2.32. The Labute approximate surface area is 167 Å². The van der Waals surface area contributed by atoms with E-state index in [4.69, 9.17) is 16.3 Å². The van der Waals surface area contributed by atoms with Crippen molar-refractivity contribution in [3.8, 4) is 0 Å². The minimum absolute atomic E-state index is 0.285. The number of carbonyl (C=O) groups is 1. The van der Waals surface area contributed by atoms with E-state index in [1.54, 1.807) is 4.90 Å². The summed E-state index contributed by atoms with van der Waals surface area (Å²) in [5, 5.41) is 0.301. The Morgan fingerprint density at radius 1 is 1.07 bits per heavy atom. The van der Waals surface area contributed by atoms with Crippen molar-refractivity contribution in [1.29, 1.82) is 0 Å². The first-order chi connectivity index (χ1) is 12.8. The fourth-order valence-corrected chi connectivity index (χ4v) is 4.35. The lowest BCUT2D eigenvalue weighted by molar-refractivity contribution is 0.0220. The van der Waals surface area contributed by atoms with Crippen LogP contribution in [-0.2, 0) is 17.7 Å². The average molecular weight is 394 g/mol. The first kappa shape index (κ1) is 20.4. The molecule has 150 valence electrons. The van der Waals surface area contributed by atoms with Crippen molar-refractivity contribution in [1.82, 2.24) is 14.9 Å². The molecule has 0 atom stereocenters. The van der Waals surface area contributed by atoms with Crippen LogP contribution in [0.1, 0.15) is 95.0 Å². The molecular weight excluding hydrogens is 362 g/mol. The number of nitrogens with zero attached hydrogens (tertiary/aromatic N) is 3. The van der Waals surface area contributed by atoms with Crippen molar-refractivity contribution in [2.45, 2.75) is 96.6 Å². The van der Waals surface area contributed by atoms with Gasteiger partial charge in [-0.15, -0.1) is 0 Å². The number of carbonyl (C=O) groups excluding carboxylic acids is 1. The van der Waals surface area contributed by atoms with E-state index in [1.807, 2.05) is 20.8 Å². The molecule has 0 radical (unpaired) electrons. The van der Waals surface area contributed by atoms with Gasteiger partial charge in [0.2, 0.25) is 5.28 Å². The van der Waals surface area contributed by atoms with E-state index in [1.165, 1.54) is 56.9 Å². The summed E-state index contributed by atoms with van der Waals surface area (Å²) in [5.41, 5.74) is 2.74. The molecule has 1 amide bonds. The average Bonchev–Trinajstić information content (AvgIpc) is 2.72. The highest BCUT2D eigenvalue weighted by molar-refractivity contribution is 6.28. The van der Waals surface area contributed by atoms with Gasteiger partial charge in [-0.25, -0.2) is 14.8 Å². The molecule has 1 aromatic rings. The van der Waals surface area contributed by atoms with Crippen LogP contribution in [0.3, 0.4) is 0 Å². The van der Waals surface area contributed by atoms with Crippen LogP contribution in [0.2, 0.25) is 5.28 Å². The summed E-state index contributed by atoms with van der Waals surface area (Å²) in [6, 6.07) is 0. The van der Waals surface area contributed by atoms with Gasteiger partial charge in [0.05, 0.1) is 17.9 Å². The van der Waals surface area contributed by atoms with Gasteiger partial charge in [0, 0.05) is 12.5 Å². The Balaban J connectivity index is 1.80. The lowest BCUT2D eigenvalue weighted by Crippen LogP contribution is -2.40. The zero-order chi connectivity index (χ0) is 19.4. The monoisotopic (exact) mass is 393 g/mol. The van der Waals surface area contributed by atoms with E-state index in [0.717, 1.165) is 17.8 Å². The van der Waals surface area contributed by atoms with Crippen LogP contribution in [0.25, 0.3) is 0 Å². The van der Waals surface area contributed by atoms with Gasteiger partial charge in [0.15, 0.2) is 0 Å². The molecular formula is C21H32ClN3O2. The van der Waals surface area contributed by atoms with E-state index in [0.29, 0.717) is 24.3 Å². The molecule has 1 fully saturated rings. The molecule has 0 aromatic carbocycles. The zero-order valence-electron chi connectivity index (χ0n) is 16.9. The Morgan fingerprint density at radius 2 is 1.70 bits per heavy atom. The normalized spacial score (nSPS) is 19.6. The Bertz CT molecular complexity index is 662. The predicted molar refractivity (Wildman–Crippen MR) is 107 cm³/mol. The van der Waals surface area contributed by atoms with Gasteiger partial charge in [-0.3, -0.25) is 0 Å². The summed E-state index contributed by atoms with van der Waals surface area (Å²) >= 11 is 6.28. The second-order valence-electron chi connectivity index (χ2n) is 8.85. The first-order valence-corrected chi connectivity index (χ1v) is 10.7. The Hall–Kier alpha value is -1.36. The van der Waals surface area contributed by atoms with Gasteiger partial charge in [-0.1, -0.05) is 38.5 Å². The van der Waals surface area contributed by atoms with Crippen LogP contribution >= 0.6 is 11.6 Å².